The number of nitrogens with zero attached hydrogens (tertiary/aromatic N) is 2. The molecule has 0 aliphatic carbocycles. The van der Waals surface area contributed by atoms with Crippen LogP contribution in [0.4, 0.5) is 0 Å². The lowest BCUT2D eigenvalue weighted by molar-refractivity contribution is 0.306. The summed E-state index contributed by atoms with van der Waals surface area (Å²) in [5, 5.41) is 8.74. The Kier molecular flexibility index (Phi) is 4.01. The van der Waals surface area contributed by atoms with Gasteiger partial charge in [0.1, 0.15) is 24.1 Å². The Morgan fingerprint density at radius 3 is 2.55 bits per heavy atom. The number of pyridine rings is 1. The number of rotatable bonds is 4. The van der Waals surface area contributed by atoms with Gasteiger partial charge in [-0.25, -0.2) is 13.4 Å². The summed E-state index contributed by atoms with van der Waals surface area (Å²) in [4.78, 5) is 4.12. The fourth-order valence-corrected chi connectivity index (χ4v) is 2.21. The van der Waals surface area contributed by atoms with E-state index in [0.29, 0.717) is 11.4 Å². The van der Waals surface area contributed by atoms with Crippen LogP contribution in [0.1, 0.15) is 11.3 Å². The van der Waals surface area contributed by atoms with Gasteiger partial charge in [-0.3, -0.25) is 0 Å². The minimum Gasteiger partial charge on any atom is -0.489 e. The van der Waals surface area contributed by atoms with Gasteiger partial charge in [0.15, 0.2) is 9.84 Å². The molecule has 102 valence electrons. The van der Waals surface area contributed by atoms with E-state index in [4.69, 9.17) is 10.00 Å². The molecule has 20 heavy (non-hydrogen) atoms. The molecule has 1 aromatic heterocycles. The molecule has 2 aromatic rings. The Balaban J connectivity index is 2.06. The van der Waals surface area contributed by atoms with E-state index in [2.05, 4.69) is 4.98 Å². The van der Waals surface area contributed by atoms with Crippen LogP contribution in [0.2, 0.25) is 0 Å². The average Bonchev–Trinajstić information content (AvgIpc) is 2.45. The summed E-state index contributed by atoms with van der Waals surface area (Å²) < 4.78 is 28.2. The first-order valence-electron chi connectivity index (χ1n) is 5.77. The van der Waals surface area contributed by atoms with Gasteiger partial charge in [0.25, 0.3) is 0 Å². The average molecular weight is 288 g/mol. The van der Waals surface area contributed by atoms with Crippen LogP contribution < -0.4 is 4.74 Å². The van der Waals surface area contributed by atoms with Crippen molar-refractivity contribution in [3.05, 3.63) is 53.9 Å². The molecule has 5 nitrogen and oxygen atoms in total. The fraction of sp³-hybridized carbons (Fsp3) is 0.143. The van der Waals surface area contributed by atoms with Crippen molar-refractivity contribution in [2.24, 2.45) is 0 Å². The standard InChI is InChI=1S/C14H12N2O3S/c1-20(17,18)14-4-2-13(3-5-14)19-10-11-6-7-16-12(8-11)9-15/h2-8H,10H2,1H3. The SMILES string of the molecule is CS(=O)(=O)c1ccc(OCc2ccnc(C#N)c2)cc1. The summed E-state index contributed by atoms with van der Waals surface area (Å²) >= 11 is 0. The number of sulfone groups is 1. The molecule has 1 aromatic carbocycles. The summed E-state index contributed by atoms with van der Waals surface area (Å²) in [6, 6.07) is 11.6. The molecule has 0 aliphatic heterocycles. The quantitative estimate of drug-likeness (QED) is 0.858. The van der Waals surface area contributed by atoms with E-state index in [1.807, 2.05) is 6.07 Å². The molecule has 2 rings (SSSR count). The molecule has 0 bridgehead atoms. The topological polar surface area (TPSA) is 80.1 Å². The molecule has 0 saturated heterocycles. The van der Waals surface area contributed by atoms with Gasteiger partial charge in [-0.2, -0.15) is 5.26 Å². The molecule has 0 spiro atoms. The van der Waals surface area contributed by atoms with Crippen LogP contribution in [0.25, 0.3) is 0 Å². The first kappa shape index (κ1) is 14.0. The van der Waals surface area contributed by atoms with Crippen LogP contribution in [0, 0.1) is 11.3 Å². The number of nitriles is 1. The first-order valence-corrected chi connectivity index (χ1v) is 7.66. The first-order chi connectivity index (χ1) is 9.49. The van der Waals surface area contributed by atoms with E-state index in [-0.39, 0.29) is 11.5 Å². The molecule has 0 N–H and O–H groups in total. The molecule has 0 fully saturated rings. The molecule has 0 saturated carbocycles. The molecule has 6 heteroatoms. The Bertz CT molecular complexity index is 747. The van der Waals surface area contributed by atoms with E-state index in [9.17, 15) is 8.42 Å². The van der Waals surface area contributed by atoms with Crippen molar-refractivity contribution in [1.82, 2.24) is 4.98 Å². The van der Waals surface area contributed by atoms with Gasteiger partial charge in [-0.1, -0.05) is 0 Å². The second-order valence-electron chi connectivity index (χ2n) is 4.19. The van der Waals surface area contributed by atoms with Crippen molar-refractivity contribution in [2.45, 2.75) is 11.5 Å². The van der Waals surface area contributed by atoms with Crippen molar-refractivity contribution in [3.63, 3.8) is 0 Å². The van der Waals surface area contributed by atoms with Gasteiger partial charge >= 0.3 is 0 Å². The lowest BCUT2D eigenvalue weighted by Gasteiger charge is -2.07. The molecule has 0 aliphatic rings. The fourth-order valence-electron chi connectivity index (χ4n) is 1.57. The predicted octanol–water partition coefficient (Wildman–Crippen LogP) is 1.94. The summed E-state index contributed by atoms with van der Waals surface area (Å²) in [5.74, 6) is 0.563. The molecule has 0 atom stereocenters. The number of aromatic nitrogens is 1. The predicted molar refractivity (Wildman–Crippen MR) is 72.8 cm³/mol. The minimum absolute atomic E-state index is 0.250. The van der Waals surface area contributed by atoms with Crippen LogP contribution in [0.5, 0.6) is 5.75 Å². The second kappa shape index (κ2) is 5.72. The minimum atomic E-state index is -3.20. The second-order valence-corrected chi connectivity index (χ2v) is 6.21. The van der Waals surface area contributed by atoms with E-state index < -0.39 is 9.84 Å². The van der Waals surface area contributed by atoms with Crippen LogP contribution in [-0.4, -0.2) is 19.7 Å². The van der Waals surface area contributed by atoms with Crippen LogP contribution in [-0.2, 0) is 16.4 Å². The van der Waals surface area contributed by atoms with E-state index in [0.717, 1.165) is 11.8 Å². The molecular formula is C14H12N2O3S. The van der Waals surface area contributed by atoms with Crippen LogP contribution in [0.3, 0.4) is 0 Å². The smallest absolute Gasteiger partial charge is 0.175 e. The highest BCUT2D eigenvalue weighted by atomic mass is 32.2. The van der Waals surface area contributed by atoms with Gasteiger partial charge < -0.3 is 4.74 Å². The van der Waals surface area contributed by atoms with E-state index in [1.165, 1.54) is 12.1 Å². The van der Waals surface area contributed by atoms with E-state index >= 15 is 0 Å². The number of hydrogen-bond donors (Lipinski definition) is 0. The number of benzene rings is 1. The molecule has 0 radical (unpaired) electrons. The van der Waals surface area contributed by atoms with Crippen LogP contribution in [0.15, 0.2) is 47.5 Å². The van der Waals surface area contributed by atoms with Gasteiger partial charge in [0.2, 0.25) is 0 Å². The highest BCUT2D eigenvalue weighted by molar-refractivity contribution is 7.90. The van der Waals surface area contributed by atoms with Gasteiger partial charge in [0.05, 0.1) is 4.90 Å². The maximum atomic E-state index is 11.3. The van der Waals surface area contributed by atoms with Gasteiger partial charge in [-0.15, -0.1) is 0 Å². The van der Waals surface area contributed by atoms with Crippen molar-refractivity contribution in [2.75, 3.05) is 6.26 Å². The Hall–Kier alpha value is -2.39. The zero-order valence-corrected chi connectivity index (χ0v) is 11.6. The van der Waals surface area contributed by atoms with Crippen molar-refractivity contribution < 1.29 is 13.2 Å². The Labute approximate surface area is 117 Å². The Morgan fingerprint density at radius 2 is 1.95 bits per heavy atom. The largest absolute Gasteiger partial charge is 0.489 e. The lowest BCUT2D eigenvalue weighted by atomic mass is 10.2. The number of hydrogen-bond acceptors (Lipinski definition) is 5. The third-order valence-electron chi connectivity index (χ3n) is 2.60. The summed E-state index contributed by atoms with van der Waals surface area (Å²) in [6.07, 6.45) is 2.70. The summed E-state index contributed by atoms with van der Waals surface area (Å²) in [6.45, 7) is 0.287. The van der Waals surface area contributed by atoms with Crippen molar-refractivity contribution in [3.8, 4) is 11.8 Å². The normalized spacial score (nSPS) is 10.8. The van der Waals surface area contributed by atoms with Gasteiger partial charge in [-0.05, 0) is 42.0 Å². The summed E-state index contributed by atoms with van der Waals surface area (Å²) in [5.41, 5.74) is 1.15. The maximum absolute atomic E-state index is 11.3. The third kappa shape index (κ3) is 3.56. The lowest BCUT2D eigenvalue weighted by Crippen LogP contribution is -1.99. The molecule has 1 heterocycles. The number of ether oxygens (including phenoxy) is 1. The molecule has 0 unspecified atom stereocenters. The molecule has 0 amide bonds. The maximum Gasteiger partial charge on any atom is 0.175 e. The zero-order valence-electron chi connectivity index (χ0n) is 10.8. The highest BCUT2D eigenvalue weighted by Crippen LogP contribution is 2.17. The third-order valence-corrected chi connectivity index (χ3v) is 3.72. The van der Waals surface area contributed by atoms with Crippen molar-refractivity contribution in [1.29, 1.82) is 5.26 Å². The summed E-state index contributed by atoms with van der Waals surface area (Å²) in [7, 11) is -3.20. The zero-order chi connectivity index (χ0) is 14.6. The van der Waals surface area contributed by atoms with E-state index in [1.54, 1.807) is 30.5 Å². The highest BCUT2D eigenvalue weighted by Gasteiger charge is 2.06. The molecular weight excluding hydrogens is 276 g/mol. The van der Waals surface area contributed by atoms with Crippen LogP contribution >= 0.6 is 0 Å². The Morgan fingerprint density at radius 1 is 1.25 bits per heavy atom. The van der Waals surface area contributed by atoms with Crippen molar-refractivity contribution >= 4 is 9.84 Å². The van der Waals surface area contributed by atoms with Gasteiger partial charge in [0, 0.05) is 12.5 Å². The monoisotopic (exact) mass is 288 g/mol.